The maximum absolute atomic E-state index is 12.3. The van der Waals surface area contributed by atoms with Gasteiger partial charge in [0, 0.05) is 25.1 Å². The Bertz CT molecular complexity index is 965. The molecule has 0 atom stereocenters. The second-order valence-electron chi connectivity index (χ2n) is 6.94. The third-order valence-corrected chi connectivity index (χ3v) is 5.36. The van der Waals surface area contributed by atoms with Crippen LogP contribution in [0.15, 0.2) is 48.5 Å². The van der Waals surface area contributed by atoms with E-state index in [0.717, 1.165) is 21.8 Å². The maximum Gasteiger partial charge on any atom is 0.286 e. The molecule has 0 aliphatic heterocycles. The average Bonchev–Trinajstić information content (AvgIpc) is 3.18. The summed E-state index contributed by atoms with van der Waals surface area (Å²) in [6.45, 7) is 4.56. The van der Waals surface area contributed by atoms with Gasteiger partial charge in [0.05, 0.1) is 0 Å². The lowest BCUT2D eigenvalue weighted by Gasteiger charge is -2.05. The Balaban J connectivity index is 1.40. The first-order valence-electron chi connectivity index (χ1n) is 9.52. The van der Waals surface area contributed by atoms with Gasteiger partial charge in [-0.1, -0.05) is 58.9 Å². The van der Waals surface area contributed by atoms with Crippen molar-refractivity contribution in [1.82, 2.24) is 15.5 Å². The number of hydrogen-bond acceptors (Lipinski definition) is 5. The van der Waals surface area contributed by atoms with Crippen LogP contribution in [0.2, 0.25) is 0 Å². The highest BCUT2D eigenvalue weighted by atomic mass is 32.1. The van der Waals surface area contributed by atoms with Gasteiger partial charge in [0.1, 0.15) is 5.01 Å². The summed E-state index contributed by atoms with van der Waals surface area (Å²) in [5.74, 6) is -0.263. The lowest BCUT2D eigenvalue weighted by Crippen LogP contribution is -2.22. The molecule has 0 unspecified atom stereocenters. The number of carbonyl (C=O) groups is 2. The van der Waals surface area contributed by atoms with Gasteiger partial charge in [-0.2, -0.15) is 0 Å². The zero-order valence-electron chi connectivity index (χ0n) is 16.6. The monoisotopic (exact) mass is 408 g/mol. The fourth-order valence-corrected chi connectivity index (χ4v) is 3.44. The zero-order valence-corrected chi connectivity index (χ0v) is 17.4. The van der Waals surface area contributed by atoms with Crippen molar-refractivity contribution in [3.8, 4) is 0 Å². The number of anilines is 1. The van der Waals surface area contributed by atoms with Gasteiger partial charge in [-0.15, -0.1) is 10.2 Å². The van der Waals surface area contributed by atoms with Gasteiger partial charge in [-0.05, 0) is 38.0 Å². The Hall–Kier alpha value is -3.06. The first-order valence-corrected chi connectivity index (χ1v) is 10.3. The Morgan fingerprint density at radius 2 is 1.59 bits per heavy atom. The number of aryl methyl sites for hydroxylation is 3. The van der Waals surface area contributed by atoms with E-state index in [2.05, 4.69) is 20.8 Å². The number of carbonyl (C=O) groups excluding carboxylic acids is 2. The van der Waals surface area contributed by atoms with Gasteiger partial charge < -0.3 is 10.6 Å². The Labute approximate surface area is 174 Å². The van der Waals surface area contributed by atoms with Crippen molar-refractivity contribution in [2.45, 2.75) is 39.7 Å². The van der Waals surface area contributed by atoms with Crippen LogP contribution in [-0.4, -0.2) is 22.0 Å². The molecule has 1 heterocycles. The molecule has 1 aromatic heterocycles. The molecule has 0 radical (unpaired) electrons. The minimum Gasteiger partial charge on any atom is -0.352 e. The van der Waals surface area contributed by atoms with Crippen molar-refractivity contribution in [3.05, 3.63) is 75.2 Å². The first kappa shape index (κ1) is 20.7. The van der Waals surface area contributed by atoms with Gasteiger partial charge in [-0.3, -0.25) is 9.59 Å². The van der Waals surface area contributed by atoms with Gasteiger partial charge in [0.2, 0.25) is 10.9 Å². The van der Waals surface area contributed by atoms with E-state index in [4.69, 9.17) is 0 Å². The normalized spacial score (nSPS) is 10.6. The van der Waals surface area contributed by atoms with Crippen LogP contribution >= 0.6 is 11.3 Å². The van der Waals surface area contributed by atoms with Crippen LogP contribution in [0.4, 0.5) is 5.69 Å². The highest BCUT2D eigenvalue weighted by Gasteiger charge is 2.13. The number of hydrogen-bond donors (Lipinski definition) is 2. The number of rotatable bonds is 8. The molecule has 0 spiro atoms. The summed E-state index contributed by atoms with van der Waals surface area (Å²) in [6, 6.07) is 15.7. The van der Waals surface area contributed by atoms with E-state index in [1.54, 1.807) is 0 Å². The number of aromatic nitrogens is 2. The maximum atomic E-state index is 12.3. The van der Waals surface area contributed by atoms with Gasteiger partial charge in [0.25, 0.3) is 5.91 Å². The molecule has 29 heavy (non-hydrogen) atoms. The van der Waals surface area contributed by atoms with Gasteiger partial charge in [-0.25, -0.2) is 0 Å². The van der Waals surface area contributed by atoms with Crippen LogP contribution in [0.25, 0.3) is 0 Å². The third kappa shape index (κ3) is 6.50. The van der Waals surface area contributed by atoms with Crippen molar-refractivity contribution in [2.24, 2.45) is 0 Å². The highest BCUT2D eigenvalue weighted by molar-refractivity contribution is 7.13. The molecule has 0 saturated carbocycles. The average molecular weight is 409 g/mol. The number of nitrogens with zero attached hydrogens (tertiary/aromatic N) is 2. The van der Waals surface area contributed by atoms with E-state index in [1.807, 2.05) is 62.4 Å². The Morgan fingerprint density at radius 3 is 2.28 bits per heavy atom. The SMILES string of the molecule is Cc1ccc(CNC(=O)CCCc2nnc(C(=O)Nc3ccc(C)cc3)s2)cc1. The number of nitrogens with one attached hydrogen (secondary N) is 2. The summed E-state index contributed by atoms with van der Waals surface area (Å²) < 4.78 is 0. The summed E-state index contributed by atoms with van der Waals surface area (Å²) in [7, 11) is 0. The van der Waals surface area contributed by atoms with E-state index in [9.17, 15) is 9.59 Å². The summed E-state index contributed by atoms with van der Waals surface area (Å²) in [4.78, 5) is 24.3. The largest absolute Gasteiger partial charge is 0.352 e. The molecule has 7 heteroatoms. The molecule has 6 nitrogen and oxygen atoms in total. The van der Waals surface area contributed by atoms with Gasteiger partial charge >= 0.3 is 0 Å². The van der Waals surface area contributed by atoms with Crippen LogP contribution in [0.5, 0.6) is 0 Å². The van der Waals surface area contributed by atoms with Crippen molar-refractivity contribution in [1.29, 1.82) is 0 Å². The zero-order chi connectivity index (χ0) is 20.6. The second kappa shape index (κ2) is 9.93. The predicted molar refractivity (Wildman–Crippen MR) is 115 cm³/mol. The number of benzene rings is 2. The van der Waals surface area contributed by atoms with E-state index >= 15 is 0 Å². The van der Waals surface area contributed by atoms with Crippen molar-refractivity contribution in [3.63, 3.8) is 0 Å². The van der Waals surface area contributed by atoms with E-state index in [-0.39, 0.29) is 11.8 Å². The van der Waals surface area contributed by atoms with E-state index in [1.165, 1.54) is 16.9 Å². The second-order valence-corrected chi connectivity index (χ2v) is 8.00. The quantitative estimate of drug-likeness (QED) is 0.589. The van der Waals surface area contributed by atoms with Gasteiger partial charge in [0.15, 0.2) is 0 Å². The third-order valence-electron chi connectivity index (χ3n) is 4.38. The molecule has 3 aromatic rings. The fraction of sp³-hybridized carbons (Fsp3) is 0.273. The minimum atomic E-state index is -0.270. The molecule has 2 N–H and O–H groups in total. The predicted octanol–water partition coefficient (Wildman–Crippen LogP) is 4.05. The Kier molecular flexibility index (Phi) is 7.08. The highest BCUT2D eigenvalue weighted by Crippen LogP contribution is 2.15. The molecule has 2 amide bonds. The molecule has 2 aromatic carbocycles. The molecule has 0 aliphatic carbocycles. The topological polar surface area (TPSA) is 84.0 Å². The molecule has 0 bridgehead atoms. The molecule has 0 fully saturated rings. The van der Waals surface area contributed by atoms with Crippen LogP contribution in [0.3, 0.4) is 0 Å². The summed E-state index contributed by atoms with van der Waals surface area (Å²) in [5.41, 5.74) is 4.13. The standard InChI is InChI=1S/C22H24N4O2S/c1-15-6-10-17(11-7-15)14-23-19(27)4-3-5-20-25-26-22(29-20)21(28)24-18-12-8-16(2)9-13-18/h6-13H,3-5,14H2,1-2H3,(H,23,27)(H,24,28). The van der Waals surface area contributed by atoms with E-state index < -0.39 is 0 Å². The van der Waals surface area contributed by atoms with Crippen LogP contribution in [0.1, 0.15) is 44.3 Å². The van der Waals surface area contributed by atoms with Crippen molar-refractivity contribution in [2.75, 3.05) is 5.32 Å². The van der Waals surface area contributed by atoms with Crippen LogP contribution < -0.4 is 10.6 Å². The molecule has 0 saturated heterocycles. The number of amides is 2. The minimum absolute atomic E-state index is 0.00688. The summed E-state index contributed by atoms with van der Waals surface area (Å²) >= 11 is 1.26. The first-order chi connectivity index (χ1) is 14.0. The molecule has 3 rings (SSSR count). The lowest BCUT2D eigenvalue weighted by molar-refractivity contribution is -0.121. The molecular formula is C22H24N4O2S. The summed E-state index contributed by atoms with van der Waals surface area (Å²) in [6.07, 6.45) is 1.69. The van der Waals surface area contributed by atoms with Crippen LogP contribution in [0, 0.1) is 13.8 Å². The van der Waals surface area contributed by atoms with Crippen LogP contribution in [-0.2, 0) is 17.8 Å². The van der Waals surface area contributed by atoms with Crippen molar-refractivity contribution < 1.29 is 9.59 Å². The molecule has 150 valence electrons. The lowest BCUT2D eigenvalue weighted by atomic mass is 10.1. The molecular weight excluding hydrogens is 384 g/mol. The van der Waals surface area contributed by atoms with E-state index in [0.29, 0.717) is 30.8 Å². The molecule has 0 aliphatic rings. The van der Waals surface area contributed by atoms with Crippen molar-refractivity contribution >= 4 is 28.8 Å². The smallest absolute Gasteiger partial charge is 0.286 e. The Morgan fingerprint density at radius 1 is 0.931 bits per heavy atom. The fourth-order valence-electron chi connectivity index (χ4n) is 2.66. The summed E-state index contributed by atoms with van der Waals surface area (Å²) in [5, 5.41) is 14.9.